The number of nitrogens with zero attached hydrogens (tertiary/aromatic N) is 1. The first-order valence-corrected chi connectivity index (χ1v) is 21.5. The van der Waals surface area contributed by atoms with Crippen LogP contribution in [0.15, 0.2) is 217 Å². The summed E-state index contributed by atoms with van der Waals surface area (Å²) < 4.78 is 7.11. The van der Waals surface area contributed by atoms with Gasteiger partial charge in [-0.05, 0) is 96.1 Å². The number of hydrogen-bond acceptors (Lipinski definition) is 2. The topological polar surface area (TPSA) is 26.0 Å². The van der Waals surface area contributed by atoms with Crippen LogP contribution in [-0.4, -0.2) is 4.98 Å². The van der Waals surface area contributed by atoms with Crippen LogP contribution in [-0.2, 0) is 5.41 Å². The van der Waals surface area contributed by atoms with E-state index >= 15 is 0 Å². The third-order valence-corrected chi connectivity index (χ3v) is 13.9. The van der Waals surface area contributed by atoms with E-state index in [9.17, 15) is 0 Å². The van der Waals surface area contributed by atoms with Crippen molar-refractivity contribution in [1.82, 2.24) is 4.98 Å². The molecular formula is C60H35NO. The number of rotatable bonds is 3. The van der Waals surface area contributed by atoms with Gasteiger partial charge in [-0.3, -0.25) is 0 Å². The molecule has 2 aromatic heterocycles. The molecule has 0 saturated carbocycles. The van der Waals surface area contributed by atoms with Crippen molar-refractivity contribution in [1.29, 1.82) is 0 Å². The average molecular weight is 786 g/mol. The number of pyridine rings is 1. The van der Waals surface area contributed by atoms with E-state index in [1.54, 1.807) is 0 Å². The van der Waals surface area contributed by atoms with Gasteiger partial charge in [-0.2, -0.15) is 0 Å². The standard InChI is InChI=1S/C60H35NO/c1-2-18-43-41(16-1)42-17-3-4-22-48(42)57-49(43)32-33-56(61-57)38-15-11-14-36(34-38)39-23-12-25-50-51-26-13-24-40(59(51)62-58(39)50)37-30-31-47-46-21-7-10-29-54(46)60(55(47)35-37)52-27-8-5-19-44(52)45-20-6-9-28-53(45)60/h1-35H. The molecule has 0 N–H and O–H groups in total. The molecule has 0 bridgehead atoms. The Morgan fingerprint density at radius 2 is 0.726 bits per heavy atom. The van der Waals surface area contributed by atoms with Crippen LogP contribution in [0, 0.1) is 0 Å². The number of fused-ring (bicyclic) bond motifs is 19. The maximum absolute atomic E-state index is 7.11. The van der Waals surface area contributed by atoms with Gasteiger partial charge in [0, 0.05) is 38.2 Å². The lowest BCUT2D eigenvalue weighted by Crippen LogP contribution is -2.25. The number of hydrogen-bond donors (Lipinski definition) is 0. The Balaban J connectivity index is 0.925. The highest BCUT2D eigenvalue weighted by atomic mass is 16.3. The predicted octanol–water partition coefficient (Wildman–Crippen LogP) is 15.8. The molecule has 2 heteroatoms. The molecule has 2 aliphatic rings. The Bertz CT molecular complexity index is 3790. The van der Waals surface area contributed by atoms with Crippen LogP contribution in [0.5, 0.6) is 0 Å². The van der Waals surface area contributed by atoms with Gasteiger partial charge < -0.3 is 4.42 Å². The molecule has 0 fully saturated rings. The van der Waals surface area contributed by atoms with Gasteiger partial charge in [-0.1, -0.05) is 188 Å². The average Bonchev–Trinajstić information content (AvgIpc) is 3.98. The fourth-order valence-corrected chi connectivity index (χ4v) is 11.3. The second kappa shape index (κ2) is 12.5. The molecule has 2 heterocycles. The van der Waals surface area contributed by atoms with Gasteiger partial charge >= 0.3 is 0 Å². The zero-order valence-electron chi connectivity index (χ0n) is 33.6. The van der Waals surface area contributed by atoms with Crippen molar-refractivity contribution in [2.24, 2.45) is 0 Å². The van der Waals surface area contributed by atoms with E-state index in [1.807, 2.05) is 0 Å². The quantitative estimate of drug-likeness (QED) is 0.167. The highest BCUT2D eigenvalue weighted by Crippen LogP contribution is 2.63. The molecule has 14 rings (SSSR count). The highest BCUT2D eigenvalue weighted by molar-refractivity contribution is 6.24. The fourth-order valence-electron chi connectivity index (χ4n) is 11.3. The van der Waals surface area contributed by atoms with Crippen molar-refractivity contribution >= 4 is 54.4 Å². The van der Waals surface area contributed by atoms with Gasteiger partial charge in [0.1, 0.15) is 11.2 Å². The summed E-state index contributed by atoms with van der Waals surface area (Å²) in [4.78, 5) is 5.37. The summed E-state index contributed by atoms with van der Waals surface area (Å²) in [6.07, 6.45) is 0. The number of para-hydroxylation sites is 2. The normalized spacial score (nSPS) is 13.3. The summed E-state index contributed by atoms with van der Waals surface area (Å²) in [7, 11) is 0. The lowest BCUT2D eigenvalue weighted by atomic mass is 9.70. The zero-order chi connectivity index (χ0) is 40.5. The Hall–Kier alpha value is -8.07. The monoisotopic (exact) mass is 785 g/mol. The second-order valence-corrected chi connectivity index (χ2v) is 16.9. The summed E-state index contributed by atoms with van der Waals surface area (Å²) >= 11 is 0. The van der Waals surface area contributed by atoms with E-state index in [0.717, 1.165) is 61.0 Å². The fraction of sp³-hybridized carbons (Fsp3) is 0.0167. The molecule has 286 valence electrons. The molecule has 0 saturated heterocycles. The van der Waals surface area contributed by atoms with Gasteiger partial charge in [0.15, 0.2) is 0 Å². The van der Waals surface area contributed by atoms with Gasteiger partial charge in [0.2, 0.25) is 0 Å². The van der Waals surface area contributed by atoms with E-state index in [1.165, 1.54) is 71.4 Å². The first kappa shape index (κ1) is 33.7. The molecular weight excluding hydrogens is 751 g/mol. The van der Waals surface area contributed by atoms with Gasteiger partial charge in [-0.15, -0.1) is 0 Å². The van der Waals surface area contributed by atoms with Crippen LogP contribution >= 0.6 is 0 Å². The van der Waals surface area contributed by atoms with Crippen molar-refractivity contribution in [3.63, 3.8) is 0 Å². The minimum Gasteiger partial charge on any atom is -0.455 e. The first-order valence-electron chi connectivity index (χ1n) is 21.5. The molecule has 0 unspecified atom stereocenters. The number of benzene rings is 10. The van der Waals surface area contributed by atoms with E-state index < -0.39 is 5.41 Å². The van der Waals surface area contributed by atoms with Crippen LogP contribution in [0.3, 0.4) is 0 Å². The Labute approximate surface area is 358 Å². The summed E-state index contributed by atoms with van der Waals surface area (Å²) in [5.41, 5.74) is 19.4. The van der Waals surface area contributed by atoms with Gasteiger partial charge in [0.25, 0.3) is 0 Å². The summed E-state index contributed by atoms with van der Waals surface area (Å²) in [6.45, 7) is 0. The van der Waals surface area contributed by atoms with E-state index in [0.29, 0.717) is 0 Å². The summed E-state index contributed by atoms with van der Waals surface area (Å²) in [6, 6.07) is 77.6. The first-order chi connectivity index (χ1) is 30.8. The van der Waals surface area contributed by atoms with Crippen molar-refractivity contribution in [2.45, 2.75) is 5.41 Å². The summed E-state index contributed by atoms with van der Waals surface area (Å²) in [5, 5.41) is 8.26. The molecule has 1 spiro atoms. The minimum absolute atomic E-state index is 0.407. The maximum atomic E-state index is 7.11. The predicted molar refractivity (Wildman–Crippen MR) is 257 cm³/mol. The van der Waals surface area contributed by atoms with Crippen molar-refractivity contribution in [3.8, 4) is 55.8 Å². The Kier molecular flexibility index (Phi) is 6.79. The van der Waals surface area contributed by atoms with Crippen molar-refractivity contribution < 1.29 is 4.42 Å². The third-order valence-electron chi connectivity index (χ3n) is 13.9. The molecule has 2 aliphatic carbocycles. The Morgan fingerprint density at radius 3 is 1.34 bits per heavy atom. The maximum Gasteiger partial charge on any atom is 0.143 e. The van der Waals surface area contributed by atoms with Crippen LogP contribution < -0.4 is 0 Å². The van der Waals surface area contributed by atoms with Crippen LogP contribution in [0.4, 0.5) is 0 Å². The highest BCUT2D eigenvalue weighted by Gasteiger charge is 2.51. The molecule has 10 aromatic carbocycles. The summed E-state index contributed by atoms with van der Waals surface area (Å²) in [5.74, 6) is 0. The lowest BCUT2D eigenvalue weighted by Gasteiger charge is -2.30. The van der Waals surface area contributed by atoms with Crippen LogP contribution in [0.25, 0.3) is 110 Å². The van der Waals surface area contributed by atoms with Crippen LogP contribution in [0.1, 0.15) is 22.3 Å². The van der Waals surface area contributed by atoms with Crippen molar-refractivity contribution in [2.75, 3.05) is 0 Å². The van der Waals surface area contributed by atoms with Crippen molar-refractivity contribution in [3.05, 3.63) is 235 Å². The molecule has 12 aromatic rings. The third kappa shape index (κ3) is 4.40. The number of furan rings is 1. The van der Waals surface area contributed by atoms with Crippen LogP contribution in [0.2, 0.25) is 0 Å². The Morgan fingerprint density at radius 1 is 0.290 bits per heavy atom. The molecule has 0 radical (unpaired) electrons. The molecule has 0 amide bonds. The SMILES string of the molecule is c1cc(-c2ccc3c4ccccc4c4ccccc4c3n2)cc(-c2cccc3c2oc2c(-c4ccc5c(c4)C4(c6ccccc6-c6ccccc64)c4ccccc4-5)cccc23)c1. The largest absolute Gasteiger partial charge is 0.455 e. The van der Waals surface area contributed by atoms with Gasteiger partial charge in [-0.25, -0.2) is 4.98 Å². The molecule has 0 atom stereocenters. The number of aromatic nitrogens is 1. The molecule has 2 nitrogen and oxygen atoms in total. The molecule has 0 aliphatic heterocycles. The second-order valence-electron chi connectivity index (χ2n) is 16.9. The van der Waals surface area contributed by atoms with Gasteiger partial charge in [0.05, 0.1) is 16.6 Å². The minimum atomic E-state index is -0.407. The zero-order valence-corrected chi connectivity index (χ0v) is 33.6. The van der Waals surface area contributed by atoms with E-state index in [-0.39, 0.29) is 0 Å². The smallest absolute Gasteiger partial charge is 0.143 e. The van der Waals surface area contributed by atoms with E-state index in [4.69, 9.17) is 9.40 Å². The van der Waals surface area contributed by atoms with E-state index in [2.05, 4.69) is 212 Å². The molecule has 62 heavy (non-hydrogen) atoms. The lowest BCUT2D eigenvalue weighted by molar-refractivity contribution is 0.671.